The van der Waals surface area contributed by atoms with Gasteiger partial charge in [0.25, 0.3) is 0 Å². The van der Waals surface area contributed by atoms with E-state index in [0.29, 0.717) is 18.0 Å². The number of nitrogens with zero attached hydrogens (tertiary/aromatic N) is 2. The van der Waals surface area contributed by atoms with Gasteiger partial charge in [-0.3, -0.25) is 9.59 Å². The molecule has 2 amide bonds. The monoisotopic (exact) mass is 410 g/mol. The number of fused-ring (bicyclic) bond motifs is 1. The van der Waals surface area contributed by atoms with Crippen LogP contribution >= 0.6 is 0 Å². The summed E-state index contributed by atoms with van der Waals surface area (Å²) in [5.74, 6) is -0.273. The van der Waals surface area contributed by atoms with Crippen LogP contribution in [0.1, 0.15) is 23.5 Å². The Hall–Kier alpha value is -3.86. The van der Waals surface area contributed by atoms with Crippen molar-refractivity contribution in [1.29, 1.82) is 0 Å². The average Bonchev–Trinajstić information content (AvgIpc) is 3.31. The molecule has 3 aromatic carbocycles. The van der Waals surface area contributed by atoms with Crippen LogP contribution in [0.25, 0.3) is 10.9 Å². The van der Waals surface area contributed by atoms with Crippen LogP contribution in [0.5, 0.6) is 5.75 Å². The molecule has 0 aliphatic carbocycles. The lowest BCUT2D eigenvalue weighted by Gasteiger charge is -2.15. The Morgan fingerprint density at radius 2 is 1.71 bits per heavy atom. The van der Waals surface area contributed by atoms with E-state index in [1.807, 2.05) is 42.6 Å². The summed E-state index contributed by atoms with van der Waals surface area (Å²) in [4.78, 5) is 27.5. The van der Waals surface area contributed by atoms with Crippen molar-refractivity contribution in [3.8, 4) is 5.75 Å². The molecular weight excluding hydrogens is 388 g/mol. The molecule has 31 heavy (non-hydrogen) atoms. The molecule has 0 saturated carbocycles. The summed E-state index contributed by atoms with van der Waals surface area (Å²) in [5.41, 5.74) is 3.68. The Labute approximate surface area is 180 Å². The molecule has 5 rings (SSSR count). The minimum Gasteiger partial charge on any atom is -0.497 e. The number of benzene rings is 3. The van der Waals surface area contributed by atoms with Gasteiger partial charge in [0.1, 0.15) is 5.75 Å². The summed E-state index contributed by atoms with van der Waals surface area (Å²) < 4.78 is 7.42. The van der Waals surface area contributed by atoms with E-state index in [4.69, 9.17) is 4.74 Å². The highest BCUT2D eigenvalue weighted by Gasteiger charge is 2.41. The van der Waals surface area contributed by atoms with Gasteiger partial charge in [0.2, 0.25) is 11.8 Å². The van der Waals surface area contributed by atoms with Gasteiger partial charge in [-0.2, -0.15) is 0 Å². The predicted molar refractivity (Wildman–Crippen MR) is 120 cm³/mol. The van der Waals surface area contributed by atoms with Gasteiger partial charge >= 0.3 is 0 Å². The summed E-state index contributed by atoms with van der Waals surface area (Å²) in [6.07, 6.45) is 2.19. The maximum atomic E-state index is 13.4. The summed E-state index contributed by atoms with van der Waals surface area (Å²) >= 11 is 0. The van der Waals surface area contributed by atoms with Crippen molar-refractivity contribution in [1.82, 2.24) is 4.57 Å². The van der Waals surface area contributed by atoms with Gasteiger partial charge in [0.15, 0.2) is 0 Å². The first-order chi connectivity index (χ1) is 15.2. The van der Waals surface area contributed by atoms with Gasteiger partial charge in [0, 0.05) is 36.1 Å². The molecule has 0 spiro atoms. The summed E-state index contributed by atoms with van der Waals surface area (Å²) in [6.45, 7) is 0.704. The third-order valence-corrected chi connectivity index (χ3v) is 5.85. The van der Waals surface area contributed by atoms with Crippen molar-refractivity contribution in [2.75, 3.05) is 12.0 Å². The first-order valence-corrected chi connectivity index (χ1v) is 10.3. The van der Waals surface area contributed by atoms with Crippen LogP contribution in [0.2, 0.25) is 0 Å². The smallest absolute Gasteiger partial charge is 0.241 e. The highest BCUT2D eigenvalue weighted by Crippen LogP contribution is 2.38. The molecule has 0 bridgehead atoms. The van der Waals surface area contributed by atoms with Gasteiger partial charge in [-0.1, -0.05) is 54.6 Å². The second-order valence-corrected chi connectivity index (χ2v) is 7.74. The molecule has 2 heterocycles. The number of amides is 2. The van der Waals surface area contributed by atoms with Crippen LogP contribution in [-0.2, 0) is 16.1 Å². The van der Waals surface area contributed by atoms with E-state index in [1.54, 1.807) is 31.4 Å². The van der Waals surface area contributed by atoms with Crippen LogP contribution in [0.4, 0.5) is 5.69 Å². The summed E-state index contributed by atoms with van der Waals surface area (Å²) in [5, 5.41) is 1.01. The lowest BCUT2D eigenvalue weighted by atomic mass is 9.97. The first kappa shape index (κ1) is 19.1. The van der Waals surface area contributed by atoms with Gasteiger partial charge in [-0.25, -0.2) is 4.90 Å². The Bertz CT molecular complexity index is 1280. The fourth-order valence-corrected chi connectivity index (χ4v) is 4.36. The lowest BCUT2D eigenvalue weighted by Crippen LogP contribution is -2.30. The van der Waals surface area contributed by atoms with Crippen LogP contribution in [0, 0.1) is 0 Å². The Morgan fingerprint density at radius 1 is 0.935 bits per heavy atom. The number of carbonyl (C=O) groups is 2. The zero-order chi connectivity index (χ0) is 21.4. The van der Waals surface area contributed by atoms with Crippen molar-refractivity contribution in [3.05, 3.63) is 96.2 Å². The molecule has 0 N–H and O–H groups in total. The number of imide groups is 1. The number of hydrogen-bond acceptors (Lipinski definition) is 3. The zero-order valence-corrected chi connectivity index (χ0v) is 17.2. The number of para-hydroxylation sites is 1. The zero-order valence-electron chi connectivity index (χ0n) is 17.2. The molecule has 154 valence electrons. The Morgan fingerprint density at radius 3 is 2.52 bits per heavy atom. The molecule has 1 saturated heterocycles. The SMILES string of the molecule is COc1cccc(N2C(=O)CC(c3cn(Cc4ccccc4)c4ccccc34)C2=O)c1. The molecular formula is C26H22N2O3. The highest BCUT2D eigenvalue weighted by molar-refractivity contribution is 6.23. The van der Waals surface area contributed by atoms with Crippen molar-refractivity contribution >= 4 is 28.4 Å². The summed E-state index contributed by atoms with van der Waals surface area (Å²) in [7, 11) is 1.57. The molecule has 0 radical (unpaired) electrons. The second-order valence-electron chi connectivity index (χ2n) is 7.74. The van der Waals surface area contributed by atoms with E-state index in [0.717, 1.165) is 16.5 Å². The molecule has 1 aliphatic heterocycles. The minimum atomic E-state index is -0.499. The third-order valence-electron chi connectivity index (χ3n) is 5.85. The van der Waals surface area contributed by atoms with Crippen LogP contribution in [-0.4, -0.2) is 23.5 Å². The lowest BCUT2D eigenvalue weighted by molar-refractivity contribution is -0.121. The fraction of sp³-hybridized carbons (Fsp3) is 0.154. The maximum absolute atomic E-state index is 13.4. The first-order valence-electron chi connectivity index (χ1n) is 10.3. The van der Waals surface area contributed by atoms with Crippen LogP contribution in [0.15, 0.2) is 85.1 Å². The van der Waals surface area contributed by atoms with Crippen molar-refractivity contribution in [2.24, 2.45) is 0 Å². The van der Waals surface area contributed by atoms with Crippen molar-refractivity contribution in [3.63, 3.8) is 0 Å². The van der Waals surface area contributed by atoms with E-state index in [2.05, 4.69) is 22.8 Å². The molecule has 5 nitrogen and oxygen atoms in total. The molecule has 5 heteroatoms. The van der Waals surface area contributed by atoms with Gasteiger partial charge < -0.3 is 9.30 Å². The molecule has 4 aromatic rings. The van der Waals surface area contributed by atoms with E-state index in [-0.39, 0.29) is 18.2 Å². The number of aromatic nitrogens is 1. The predicted octanol–water partition coefficient (Wildman–Crippen LogP) is 4.75. The summed E-state index contributed by atoms with van der Waals surface area (Å²) in [6, 6.07) is 25.3. The maximum Gasteiger partial charge on any atom is 0.241 e. The van der Waals surface area contributed by atoms with E-state index >= 15 is 0 Å². The quantitative estimate of drug-likeness (QED) is 0.447. The second kappa shape index (κ2) is 7.76. The van der Waals surface area contributed by atoms with E-state index in [1.165, 1.54) is 10.5 Å². The Balaban J connectivity index is 1.54. The van der Waals surface area contributed by atoms with Crippen LogP contribution < -0.4 is 9.64 Å². The van der Waals surface area contributed by atoms with Crippen molar-refractivity contribution in [2.45, 2.75) is 18.9 Å². The molecule has 1 fully saturated rings. The van der Waals surface area contributed by atoms with Gasteiger partial charge in [0.05, 0.1) is 18.7 Å². The highest BCUT2D eigenvalue weighted by atomic mass is 16.5. The minimum absolute atomic E-state index is 0.162. The molecule has 1 aromatic heterocycles. The largest absolute Gasteiger partial charge is 0.497 e. The number of anilines is 1. The standard InChI is InChI=1S/C26H22N2O3/c1-31-20-11-7-10-19(14-20)28-25(29)15-22(26(28)30)23-17-27(16-18-8-3-2-4-9-18)24-13-6-5-12-21(23)24/h2-14,17,22H,15-16H2,1H3. The number of rotatable bonds is 5. The number of ether oxygens (including phenoxy) is 1. The topological polar surface area (TPSA) is 51.5 Å². The number of hydrogen-bond donors (Lipinski definition) is 0. The van der Waals surface area contributed by atoms with E-state index < -0.39 is 5.92 Å². The normalized spacial score (nSPS) is 16.3. The number of carbonyl (C=O) groups excluding carboxylic acids is 2. The van der Waals surface area contributed by atoms with Gasteiger partial charge in [-0.15, -0.1) is 0 Å². The average molecular weight is 410 g/mol. The van der Waals surface area contributed by atoms with Crippen LogP contribution in [0.3, 0.4) is 0 Å². The molecule has 1 atom stereocenters. The fourth-order valence-electron chi connectivity index (χ4n) is 4.36. The molecule has 1 unspecified atom stereocenters. The van der Waals surface area contributed by atoms with E-state index in [9.17, 15) is 9.59 Å². The van der Waals surface area contributed by atoms with Gasteiger partial charge in [-0.05, 0) is 29.3 Å². The van der Waals surface area contributed by atoms with Crippen molar-refractivity contribution < 1.29 is 14.3 Å². The third kappa shape index (κ3) is 3.38. The molecule has 1 aliphatic rings. The Kier molecular flexibility index (Phi) is 4.79. The number of methoxy groups -OCH3 is 1.